The Kier molecular flexibility index (Phi) is 8.21. The van der Waals surface area contributed by atoms with E-state index in [0.717, 1.165) is 5.56 Å². The van der Waals surface area contributed by atoms with Crippen molar-refractivity contribution in [2.45, 2.75) is 24.0 Å². The van der Waals surface area contributed by atoms with E-state index in [-0.39, 0.29) is 36.4 Å². The molecule has 1 heterocycles. The van der Waals surface area contributed by atoms with Gasteiger partial charge in [-0.05, 0) is 36.8 Å². The summed E-state index contributed by atoms with van der Waals surface area (Å²) in [6.07, 6.45) is -0.895. The number of β-amino-alcohol motifs (C(OH)–C–C–N with tert-alkyl or cyclic N) is 1. The topological polar surface area (TPSA) is 113 Å². The van der Waals surface area contributed by atoms with Gasteiger partial charge in [0.25, 0.3) is 5.69 Å². The molecule has 1 N–H and O–H groups in total. The number of benzene rings is 2. The molecule has 32 heavy (non-hydrogen) atoms. The highest BCUT2D eigenvalue weighted by atomic mass is 35.5. The van der Waals surface area contributed by atoms with E-state index in [1.54, 1.807) is 12.1 Å². The maximum Gasteiger partial charge on any atom is 0.269 e. The molecule has 1 aliphatic rings. The molecule has 0 aliphatic carbocycles. The predicted molar refractivity (Wildman–Crippen MR) is 120 cm³/mol. The molecule has 0 unspecified atom stereocenters. The van der Waals surface area contributed by atoms with Crippen LogP contribution in [0.2, 0.25) is 5.02 Å². The van der Waals surface area contributed by atoms with Gasteiger partial charge in [0.15, 0.2) is 0 Å². The number of piperazine rings is 1. The molecule has 0 saturated carbocycles. The van der Waals surface area contributed by atoms with Crippen molar-refractivity contribution in [1.82, 2.24) is 9.21 Å². The predicted octanol–water partition coefficient (Wildman–Crippen LogP) is 2.69. The average Bonchev–Trinajstić information content (AvgIpc) is 2.78. The van der Waals surface area contributed by atoms with Gasteiger partial charge in [-0.15, -0.1) is 0 Å². The standard InChI is InChI=1S/C21H26ClN3O6S/c1-16(17-2-4-18(22)5-3-17)31-15-20(26)14-23-10-12-24(13-11-23)32(29,30)21-8-6-19(7-9-21)25(27)28/h2-9,16,20,26H,10-15H2,1H3/t16-,20-/m1/s1. The van der Waals surface area contributed by atoms with Crippen molar-refractivity contribution >= 4 is 27.3 Å². The van der Waals surface area contributed by atoms with E-state index >= 15 is 0 Å². The quantitative estimate of drug-likeness (QED) is 0.431. The lowest BCUT2D eigenvalue weighted by Gasteiger charge is -2.35. The maximum absolute atomic E-state index is 12.8. The highest BCUT2D eigenvalue weighted by molar-refractivity contribution is 7.89. The molecule has 2 aromatic carbocycles. The Balaban J connectivity index is 1.46. The summed E-state index contributed by atoms with van der Waals surface area (Å²) in [6.45, 7) is 3.91. The zero-order chi connectivity index (χ0) is 23.3. The highest BCUT2D eigenvalue weighted by Crippen LogP contribution is 2.22. The van der Waals surface area contributed by atoms with Crippen molar-refractivity contribution in [3.05, 3.63) is 69.2 Å². The van der Waals surface area contributed by atoms with E-state index in [4.69, 9.17) is 16.3 Å². The van der Waals surface area contributed by atoms with E-state index in [0.29, 0.717) is 24.7 Å². The van der Waals surface area contributed by atoms with Crippen LogP contribution >= 0.6 is 11.6 Å². The van der Waals surface area contributed by atoms with Gasteiger partial charge in [-0.1, -0.05) is 23.7 Å². The summed E-state index contributed by atoms with van der Waals surface area (Å²) >= 11 is 5.89. The minimum absolute atomic E-state index is 0.0289. The Morgan fingerprint density at radius 3 is 2.25 bits per heavy atom. The number of aliphatic hydroxyl groups excluding tert-OH is 1. The first-order chi connectivity index (χ1) is 15.2. The van der Waals surface area contributed by atoms with Gasteiger partial charge in [0.05, 0.1) is 28.6 Å². The second-order valence-corrected chi connectivity index (χ2v) is 10.0. The van der Waals surface area contributed by atoms with Crippen molar-refractivity contribution in [2.24, 2.45) is 0 Å². The number of ether oxygens (including phenoxy) is 1. The molecule has 1 saturated heterocycles. The number of non-ortho nitro benzene ring substituents is 1. The molecule has 11 heteroatoms. The van der Waals surface area contributed by atoms with E-state index in [2.05, 4.69) is 0 Å². The minimum Gasteiger partial charge on any atom is -0.389 e. The second-order valence-electron chi connectivity index (χ2n) is 7.64. The fourth-order valence-corrected chi connectivity index (χ4v) is 5.03. The van der Waals surface area contributed by atoms with Crippen LogP contribution in [-0.4, -0.2) is 73.1 Å². The van der Waals surface area contributed by atoms with E-state index in [1.165, 1.54) is 28.6 Å². The normalized spacial score (nSPS) is 17.7. The summed E-state index contributed by atoms with van der Waals surface area (Å²) in [5.74, 6) is 0. The molecule has 2 aromatic rings. The van der Waals surface area contributed by atoms with Crippen LogP contribution < -0.4 is 0 Å². The van der Waals surface area contributed by atoms with Crippen molar-refractivity contribution < 1.29 is 23.2 Å². The highest BCUT2D eigenvalue weighted by Gasteiger charge is 2.29. The summed E-state index contributed by atoms with van der Waals surface area (Å²) in [6, 6.07) is 12.2. The smallest absolute Gasteiger partial charge is 0.269 e. The molecule has 3 rings (SSSR count). The van der Waals surface area contributed by atoms with Gasteiger partial charge >= 0.3 is 0 Å². The number of hydrogen-bond donors (Lipinski definition) is 1. The number of nitro groups is 1. The molecule has 0 aromatic heterocycles. The minimum atomic E-state index is -3.72. The summed E-state index contributed by atoms with van der Waals surface area (Å²) in [5.41, 5.74) is 0.807. The number of nitro benzene ring substituents is 1. The van der Waals surface area contributed by atoms with E-state index in [9.17, 15) is 23.6 Å². The fourth-order valence-electron chi connectivity index (χ4n) is 3.48. The molecule has 2 atom stereocenters. The number of sulfonamides is 1. The number of hydrogen-bond acceptors (Lipinski definition) is 7. The fraction of sp³-hybridized carbons (Fsp3) is 0.429. The third kappa shape index (κ3) is 6.25. The first-order valence-corrected chi connectivity index (χ1v) is 12.0. The molecule has 1 aliphatic heterocycles. The van der Waals surface area contributed by atoms with Crippen LogP contribution in [0.25, 0.3) is 0 Å². The number of halogens is 1. The largest absolute Gasteiger partial charge is 0.389 e. The van der Waals surface area contributed by atoms with Crippen LogP contribution in [0.3, 0.4) is 0 Å². The van der Waals surface area contributed by atoms with Crippen LogP contribution in [0.1, 0.15) is 18.6 Å². The third-order valence-corrected chi connectivity index (χ3v) is 7.53. The maximum atomic E-state index is 12.8. The first kappa shape index (κ1) is 24.6. The van der Waals surface area contributed by atoms with Gasteiger partial charge in [0.2, 0.25) is 10.0 Å². The zero-order valence-corrected chi connectivity index (χ0v) is 19.2. The van der Waals surface area contributed by atoms with E-state index in [1.807, 2.05) is 24.0 Å². The molecule has 0 bridgehead atoms. The van der Waals surface area contributed by atoms with Gasteiger partial charge < -0.3 is 9.84 Å². The molecule has 174 valence electrons. The number of nitrogens with zero attached hydrogens (tertiary/aromatic N) is 3. The van der Waals surface area contributed by atoms with Gasteiger partial charge in [-0.25, -0.2) is 8.42 Å². The Bertz CT molecular complexity index is 1010. The summed E-state index contributed by atoms with van der Waals surface area (Å²) in [5, 5.41) is 21.8. The number of rotatable bonds is 9. The van der Waals surface area contributed by atoms with Gasteiger partial charge in [0.1, 0.15) is 0 Å². The SMILES string of the molecule is C[C@@H](OC[C@H](O)CN1CCN(S(=O)(=O)c2ccc([N+](=O)[O-])cc2)CC1)c1ccc(Cl)cc1. The van der Waals surface area contributed by atoms with Crippen LogP contribution in [-0.2, 0) is 14.8 Å². The first-order valence-electron chi connectivity index (χ1n) is 10.2. The lowest BCUT2D eigenvalue weighted by atomic mass is 10.1. The lowest BCUT2D eigenvalue weighted by Crippen LogP contribution is -2.50. The summed E-state index contributed by atoms with van der Waals surface area (Å²) in [7, 11) is -3.72. The molecule has 0 spiro atoms. The average molecular weight is 484 g/mol. The Labute approximate surface area is 192 Å². The molecule has 0 amide bonds. The zero-order valence-electron chi connectivity index (χ0n) is 17.6. The monoisotopic (exact) mass is 483 g/mol. The number of aliphatic hydroxyl groups is 1. The Hall–Kier alpha value is -2.08. The van der Waals surface area contributed by atoms with Crippen LogP contribution in [0, 0.1) is 10.1 Å². The molecular weight excluding hydrogens is 458 g/mol. The lowest BCUT2D eigenvalue weighted by molar-refractivity contribution is -0.384. The van der Waals surface area contributed by atoms with Crippen LogP contribution in [0.4, 0.5) is 5.69 Å². The van der Waals surface area contributed by atoms with E-state index < -0.39 is 21.1 Å². The molecule has 0 radical (unpaired) electrons. The van der Waals surface area contributed by atoms with Gasteiger partial charge in [0, 0.05) is 49.9 Å². The Morgan fingerprint density at radius 1 is 1.09 bits per heavy atom. The molecule has 9 nitrogen and oxygen atoms in total. The van der Waals surface area contributed by atoms with Crippen LogP contribution in [0.15, 0.2) is 53.4 Å². The van der Waals surface area contributed by atoms with Crippen molar-refractivity contribution in [3.63, 3.8) is 0 Å². The third-order valence-electron chi connectivity index (χ3n) is 5.36. The van der Waals surface area contributed by atoms with Gasteiger partial charge in [-0.3, -0.25) is 15.0 Å². The van der Waals surface area contributed by atoms with Crippen molar-refractivity contribution in [1.29, 1.82) is 0 Å². The second kappa shape index (κ2) is 10.7. The van der Waals surface area contributed by atoms with Crippen molar-refractivity contribution in [3.8, 4) is 0 Å². The van der Waals surface area contributed by atoms with Crippen molar-refractivity contribution in [2.75, 3.05) is 39.3 Å². The van der Waals surface area contributed by atoms with Gasteiger partial charge in [-0.2, -0.15) is 4.31 Å². The summed E-state index contributed by atoms with van der Waals surface area (Å²) < 4.78 is 32.7. The molecular formula is C21H26ClN3O6S. The summed E-state index contributed by atoms with van der Waals surface area (Å²) in [4.78, 5) is 12.2. The van der Waals surface area contributed by atoms with Crippen LogP contribution in [0.5, 0.6) is 0 Å². The molecule has 1 fully saturated rings. The Morgan fingerprint density at radius 2 is 1.69 bits per heavy atom.